The van der Waals surface area contributed by atoms with Gasteiger partial charge in [0.05, 0.1) is 6.42 Å². The normalized spacial score (nSPS) is 21.7. The van der Waals surface area contributed by atoms with Gasteiger partial charge in [-0.3, -0.25) is 9.59 Å². The van der Waals surface area contributed by atoms with E-state index in [0.29, 0.717) is 12.8 Å². The summed E-state index contributed by atoms with van der Waals surface area (Å²) in [6, 6.07) is 17.5. The minimum atomic E-state index is -0.293. The number of carbonyl (C=O) groups is 2. The van der Waals surface area contributed by atoms with E-state index >= 15 is 0 Å². The Morgan fingerprint density at radius 2 is 1.72 bits per heavy atom. The number of amides is 2. The average molecular weight is 411 g/mol. The number of rotatable bonds is 5. The van der Waals surface area contributed by atoms with Crippen LogP contribution in [0.5, 0.6) is 0 Å². The molecule has 152 valence electrons. The SMILES string of the molecule is O=C(Nc1ccc(CC(=O)N2CCSCC2)cc1)C1CC(c2ccccc2)NN1. The van der Waals surface area contributed by atoms with Gasteiger partial charge < -0.3 is 10.2 Å². The zero-order valence-corrected chi connectivity index (χ0v) is 17.1. The lowest BCUT2D eigenvalue weighted by Crippen LogP contribution is -2.39. The molecule has 0 aromatic heterocycles. The molecule has 2 aliphatic rings. The summed E-state index contributed by atoms with van der Waals surface area (Å²) in [6.45, 7) is 1.67. The van der Waals surface area contributed by atoms with Gasteiger partial charge in [0.2, 0.25) is 11.8 Å². The van der Waals surface area contributed by atoms with Gasteiger partial charge in [0.25, 0.3) is 0 Å². The van der Waals surface area contributed by atoms with Gasteiger partial charge in [-0.2, -0.15) is 11.8 Å². The van der Waals surface area contributed by atoms with Crippen LogP contribution in [0.15, 0.2) is 54.6 Å². The number of benzene rings is 2. The molecule has 7 heteroatoms. The van der Waals surface area contributed by atoms with Crippen molar-refractivity contribution in [1.82, 2.24) is 15.8 Å². The Bertz CT molecular complexity index is 838. The van der Waals surface area contributed by atoms with E-state index in [1.807, 2.05) is 59.1 Å². The lowest BCUT2D eigenvalue weighted by atomic mass is 10.0. The van der Waals surface area contributed by atoms with Crippen LogP contribution in [0, 0.1) is 0 Å². The van der Waals surface area contributed by atoms with E-state index in [2.05, 4.69) is 28.3 Å². The fraction of sp³-hybridized carbons (Fsp3) is 0.364. The van der Waals surface area contributed by atoms with Gasteiger partial charge in [-0.15, -0.1) is 0 Å². The highest BCUT2D eigenvalue weighted by Crippen LogP contribution is 2.22. The number of anilines is 1. The molecular formula is C22H26N4O2S. The summed E-state index contributed by atoms with van der Waals surface area (Å²) in [7, 11) is 0. The molecule has 0 saturated carbocycles. The molecular weight excluding hydrogens is 384 g/mol. The Kier molecular flexibility index (Phi) is 6.49. The van der Waals surface area contributed by atoms with Crippen LogP contribution in [-0.2, 0) is 16.0 Å². The van der Waals surface area contributed by atoms with Crippen LogP contribution in [0.2, 0.25) is 0 Å². The minimum absolute atomic E-state index is 0.0643. The zero-order chi connectivity index (χ0) is 20.1. The van der Waals surface area contributed by atoms with Crippen molar-refractivity contribution in [2.75, 3.05) is 29.9 Å². The third kappa shape index (κ3) is 5.18. The number of hydrogen-bond donors (Lipinski definition) is 3. The van der Waals surface area contributed by atoms with Gasteiger partial charge >= 0.3 is 0 Å². The van der Waals surface area contributed by atoms with E-state index in [4.69, 9.17) is 0 Å². The Morgan fingerprint density at radius 3 is 2.45 bits per heavy atom. The van der Waals surface area contributed by atoms with Crippen molar-refractivity contribution in [3.8, 4) is 0 Å². The molecule has 2 aromatic rings. The number of hydrogen-bond acceptors (Lipinski definition) is 5. The van der Waals surface area contributed by atoms with E-state index in [-0.39, 0.29) is 23.9 Å². The molecule has 2 unspecified atom stereocenters. The van der Waals surface area contributed by atoms with Crippen LogP contribution >= 0.6 is 11.8 Å². The summed E-state index contributed by atoms with van der Waals surface area (Å²) in [5, 5.41) is 2.96. The second kappa shape index (κ2) is 9.43. The fourth-order valence-electron chi connectivity index (χ4n) is 3.67. The third-order valence-electron chi connectivity index (χ3n) is 5.36. The van der Waals surface area contributed by atoms with Crippen molar-refractivity contribution in [2.24, 2.45) is 0 Å². The first-order valence-corrected chi connectivity index (χ1v) is 11.2. The molecule has 2 heterocycles. The standard InChI is InChI=1S/C22H26N4O2S/c27-21(26-10-12-29-13-11-26)14-16-6-8-18(9-7-16)23-22(28)20-15-19(24-25-20)17-4-2-1-3-5-17/h1-9,19-20,24-25H,10-15H2,(H,23,28). The molecule has 3 N–H and O–H groups in total. The highest BCUT2D eigenvalue weighted by atomic mass is 32.2. The van der Waals surface area contributed by atoms with Crippen molar-refractivity contribution in [2.45, 2.75) is 24.9 Å². The van der Waals surface area contributed by atoms with Crippen LogP contribution < -0.4 is 16.2 Å². The molecule has 2 saturated heterocycles. The summed E-state index contributed by atoms with van der Waals surface area (Å²) >= 11 is 1.90. The second-order valence-corrected chi connectivity index (χ2v) is 8.62. The summed E-state index contributed by atoms with van der Waals surface area (Å²) in [5.41, 5.74) is 9.16. The van der Waals surface area contributed by atoms with Gasteiger partial charge in [0, 0.05) is 36.3 Å². The van der Waals surface area contributed by atoms with Gasteiger partial charge in [0.15, 0.2) is 0 Å². The van der Waals surface area contributed by atoms with Crippen LogP contribution in [0.4, 0.5) is 5.69 Å². The largest absolute Gasteiger partial charge is 0.341 e. The number of nitrogens with zero attached hydrogens (tertiary/aromatic N) is 1. The predicted molar refractivity (Wildman–Crippen MR) is 117 cm³/mol. The molecule has 6 nitrogen and oxygen atoms in total. The van der Waals surface area contributed by atoms with Crippen molar-refractivity contribution in [3.63, 3.8) is 0 Å². The first-order chi connectivity index (χ1) is 14.2. The van der Waals surface area contributed by atoms with Crippen molar-refractivity contribution in [3.05, 3.63) is 65.7 Å². The Balaban J connectivity index is 1.28. The van der Waals surface area contributed by atoms with Crippen LogP contribution in [0.3, 0.4) is 0 Å². The van der Waals surface area contributed by atoms with E-state index in [9.17, 15) is 9.59 Å². The Morgan fingerprint density at radius 1 is 1.00 bits per heavy atom. The lowest BCUT2D eigenvalue weighted by Gasteiger charge is -2.26. The monoisotopic (exact) mass is 410 g/mol. The summed E-state index contributed by atoms with van der Waals surface area (Å²) in [5.74, 6) is 2.15. The molecule has 2 aromatic carbocycles. The molecule has 2 amide bonds. The molecule has 0 bridgehead atoms. The van der Waals surface area contributed by atoms with Gasteiger partial charge in [0.1, 0.15) is 6.04 Å². The highest BCUT2D eigenvalue weighted by molar-refractivity contribution is 7.99. The molecule has 2 aliphatic heterocycles. The quantitative estimate of drug-likeness (QED) is 0.706. The number of thioether (sulfide) groups is 1. The van der Waals surface area contributed by atoms with Crippen molar-refractivity contribution in [1.29, 1.82) is 0 Å². The first kappa shape index (κ1) is 19.9. The van der Waals surface area contributed by atoms with Gasteiger partial charge in [-0.25, -0.2) is 10.9 Å². The molecule has 4 rings (SSSR count). The molecule has 2 atom stereocenters. The van der Waals surface area contributed by atoms with Gasteiger partial charge in [-0.1, -0.05) is 42.5 Å². The summed E-state index contributed by atoms with van der Waals surface area (Å²) in [6.07, 6.45) is 1.10. The topological polar surface area (TPSA) is 73.5 Å². The Labute approximate surface area is 175 Å². The number of carbonyl (C=O) groups excluding carboxylic acids is 2. The lowest BCUT2D eigenvalue weighted by molar-refractivity contribution is -0.130. The zero-order valence-electron chi connectivity index (χ0n) is 16.3. The number of nitrogens with one attached hydrogen (secondary N) is 3. The maximum atomic E-state index is 12.6. The molecule has 0 aliphatic carbocycles. The average Bonchev–Trinajstić information content (AvgIpc) is 3.27. The van der Waals surface area contributed by atoms with E-state index in [1.54, 1.807) is 0 Å². The highest BCUT2D eigenvalue weighted by Gasteiger charge is 2.30. The molecule has 0 spiro atoms. The van der Waals surface area contributed by atoms with Crippen LogP contribution in [0.25, 0.3) is 0 Å². The van der Waals surface area contributed by atoms with Crippen molar-refractivity contribution < 1.29 is 9.59 Å². The molecule has 0 radical (unpaired) electrons. The smallest absolute Gasteiger partial charge is 0.242 e. The summed E-state index contributed by atoms with van der Waals surface area (Å²) in [4.78, 5) is 26.9. The van der Waals surface area contributed by atoms with Crippen LogP contribution in [0.1, 0.15) is 23.6 Å². The summed E-state index contributed by atoms with van der Waals surface area (Å²) < 4.78 is 0. The Hall–Kier alpha value is -2.35. The van der Waals surface area contributed by atoms with Gasteiger partial charge in [-0.05, 0) is 29.7 Å². The van der Waals surface area contributed by atoms with E-state index < -0.39 is 0 Å². The van der Waals surface area contributed by atoms with Crippen molar-refractivity contribution >= 4 is 29.3 Å². The maximum absolute atomic E-state index is 12.6. The molecule has 29 heavy (non-hydrogen) atoms. The van der Waals surface area contributed by atoms with E-state index in [0.717, 1.165) is 41.4 Å². The predicted octanol–water partition coefficient (Wildman–Crippen LogP) is 2.35. The number of hydrazine groups is 1. The minimum Gasteiger partial charge on any atom is -0.341 e. The second-order valence-electron chi connectivity index (χ2n) is 7.40. The van der Waals surface area contributed by atoms with Crippen LogP contribution in [-0.4, -0.2) is 47.4 Å². The molecule has 2 fully saturated rings. The maximum Gasteiger partial charge on any atom is 0.242 e. The first-order valence-electron chi connectivity index (χ1n) is 10.0. The third-order valence-corrected chi connectivity index (χ3v) is 6.30. The fourth-order valence-corrected chi connectivity index (χ4v) is 4.57. The van der Waals surface area contributed by atoms with E-state index in [1.165, 1.54) is 0 Å².